The Morgan fingerprint density at radius 3 is 2.88 bits per heavy atom. The Hall–Kier alpha value is -3.41. The lowest BCUT2D eigenvalue weighted by Crippen LogP contribution is -2.17. The standard InChI is InChI=1S/C19H14FN3O2/c20-15-6-2-1-4-13(15)12-23-16-7-9-25-18(16)10-17(23)19(24)22-14-5-3-8-21-11-14/h1-11H,12H2,(H,22,24). The number of furan rings is 1. The van der Waals surface area contributed by atoms with Gasteiger partial charge in [-0.25, -0.2) is 4.39 Å². The fraction of sp³-hybridized carbons (Fsp3) is 0.0526. The first kappa shape index (κ1) is 15.1. The van der Waals surface area contributed by atoms with Gasteiger partial charge in [-0.1, -0.05) is 18.2 Å². The van der Waals surface area contributed by atoms with E-state index in [9.17, 15) is 9.18 Å². The molecule has 0 unspecified atom stereocenters. The molecule has 0 bridgehead atoms. The first-order valence-electron chi connectivity index (χ1n) is 7.74. The molecule has 4 aromatic rings. The van der Waals surface area contributed by atoms with Gasteiger partial charge in [0.05, 0.1) is 30.2 Å². The minimum Gasteiger partial charge on any atom is -0.463 e. The van der Waals surface area contributed by atoms with Crippen LogP contribution in [0.2, 0.25) is 0 Å². The van der Waals surface area contributed by atoms with Crippen molar-refractivity contribution in [2.75, 3.05) is 5.32 Å². The smallest absolute Gasteiger partial charge is 0.272 e. The Morgan fingerprint density at radius 1 is 1.20 bits per heavy atom. The van der Waals surface area contributed by atoms with Crippen LogP contribution in [0.3, 0.4) is 0 Å². The van der Waals surface area contributed by atoms with E-state index >= 15 is 0 Å². The summed E-state index contributed by atoms with van der Waals surface area (Å²) in [6.45, 7) is 0.228. The molecule has 1 N–H and O–H groups in total. The van der Waals surface area contributed by atoms with Crippen LogP contribution in [-0.2, 0) is 6.54 Å². The Labute approximate surface area is 142 Å². The maximum atomic E-state index is 14.0. The molecule has 3 heterocycles. The summed E-state index contributed by atoms with van der Waals surface area (Å²) in [6, 6.07) is 13.4. The van der Waals surface area contributed by atoms with Gasteiger partial charge in [-0.15, -0.1) is 0 Å². The normalized spacial score (nSPS) is 10.9. The van der Waals surface area contributed by atoms with E-state index in [1.165, 1.54) is 6.07 Å². The molecule has 0 aliphatic carbocycles. The number of hydrogen-bond acceptors (Lipinski definition) is 3. The van der Waals surface area contributed by atoms with Crippen LogP contribution in [0.15, 0.2) is 71.6 Å². The van der Waals surface area contributed by atoms with E-state index in [0.29, 0.717) is 22.5 Å². The molecule has 0 fully saturated rings. The number of aromatic nitrogens is 2. The number of nitrogens with zero attached hydrogens (tertiary/aromatic N) is 2. The molecule has 3 aromatic heterocycles. The summed E-state index contributed by atoms with van der Waals surface area (Å²) in [7, 11) is 0. The molecule has 0 saturated carbocycles. The largest absolute Gasteiger partial charge is 0.463 e. The quantitative estimate of drug-likeness (QED) is 0.611. The number of carbonyl (C=O) groups excluding carboxylic acids is 1. The van der Waals surface area contributed by atoms with Crippen molar-refractivity contribution in [3.05, 3.63) is 84.3 Å². The number of hydrogen-bond donors (Lipinski definition) is 1. The molecule has 1 aromatic carbocycles. The van der Waals surface area contributed by atoms with Crippen LogP contribution in [-0.4, -0.2) is 15.5 Å². The summed E-state index contributed by atoms with van der Waals surface area (Å²) in [5.74, 6) is -0.623. The number of amides is 1. The molecular formula is C19H14FN3O2. The molecule has 0 aliphatic rings. The summed E-state index contributed by atoms with van der Waals surface area (Å²) in [5.41, 5.74) is 2.79. The van der Waals surface area contributed by atoms with Gasteiger partial charge in [0.1, 0.15) is 11.5 Å². The topological polar surface area (TPSA) is 60.1 Å². The highest BCUT2D eigenvalue weighted by Crippen LogP contribution is 2.24. The molecule has 0 atom stereocenters. The van der Waals surface area contributed by atoms with Crippen molar-refractivity contribution in [2.24, 2.45) is 0 Å². The second-order valence-electron chi connectivity index (χ2n) is 5.57. The molecule has 5 nitrogen and oxygen atoms in total. The van der Waals surface area contributed by atoms with Gasteiger partial charge in [0, 0.05) is 23.9 Å². The highest BCUT2D eigenvalue weighted by Gasteiger charge is 2.18. The summed E-state index contributed by atoms with van der Waals surface area (Å²) < 4.78 is 21.2. The van der Waals surface area contributed by atoms with Crippen molar-refractivity contribution >= 4 is 22.7 Å². The minimum absolute atomic E-state index is 0.228. The minimum atomic E-state index is -0.313. The average Bonchev–Trinajstić information content (AvgIpc) is 3.20. The van der Waals surface area contributed by atoms with Gasteiger partial charge >= 0.3 is 0 Å². The Morgan fingerprint density at radius 2 is 2.08 bits per heavy atom. The molecular weight excluding hydrogens is 321 g/mol. The molecule has 6 heteroatoms. The molecule has 124 valence electrons. The van der Waals surface area contributed by atoms with Crippen LogP contribution in [0, 0.1) is 5.82 Å². The third-order valence-corrected chi connectivity index (χ3v) is 3.96. The monoisotopic (exact) mass is 335 g/mol. The van der Waals surface area contributed by atoms with Crippen LogP contribution >= 0.6 is 0 Å². The van der Waals surface area contributed by atoms with Crippen LogP contribution < -0.4 is 5.32 Å². The molecule has 0 aliphatic heterocycles. The third kappa shape index (κ3) is 2.89. The van der Waals surface area contributed by atoms with Crippen LogP contribution in [0.5, 0.6) is 0 Å². The number of benzene rings is 1. The number of anilines is 1. The van der Waals surface area contributed by atoms with Crippen molar-refractivity contribution in [3.8, 4) is 0 Å². The van der Waals surface area contributed by atoms with E-state index in [0.717, 1.165) is 5.52 Å². The van der Waals surface area contributed by atoms with Crippen molar-refractivity contribution < 1.29 is 13.6 Å². The fourth-order valence-electron chi connectivity index (χ4n) is 2.76. The average molecular weight is 335 g/mol. The van der Waals surface area contributed by atoms with Crippen molar-refractivity contribution in [1.82, 2.24) is 9.55 Å². The van der Waals surface area contributed by atoms with E-state index in [1.54, 1.807) is 65.7 Å². The van der Waals surface area contributed by atoms with Crippen molar-refractivity contribution in [2.45, 2.75) is 6.54 Å². The number of carbonyl (C=O) groups is 1. The SMILES string of the molecule is O=C(Nc1cccnc1)c1cc2occc2n1Cc1ccccc1F. The predicted molar refractivity (Wildman–Crippen MR) is 91.9 cm³/mol. The molecule has 0 spiro atoms. The zero-order chi connectivity index (χ0) is 17.2. The van der Waals surface area contributed by atoms with Crippen LogP contribution in [0.4, 0.5) is 10.1 Å². The van der Waals surface area contributed by atoms with Gasteiger partial charge in [0.25, 0.3) is 5.91 Å². The molecule has 4 rings (SSSR count). The summed E-state index contributed by atoms with van der Waals surface area (Å²) >= 11 is 0. The van der Waals surface area contributed by atoms with Gasteiger partial charge in [-0.2, -0.15) is 0 Å². The second kappa shape index (κ2) is 6.24. The van der Waals surface area contributed by atoms with E-state index in [2.05, 4.69) is 10.3 Å². The second-order valence-corrected chi connectivity index (χ2v) is 5.57. The number of rotatable bonds is 4. The summed E-state index contributed by atoms with van der Waals surface area (Å²) in [6.07, 6.45) is 4.74. The summed E-state index contributed by atoms with van der Waals surface area (Å²) in [5, 5.41) is 2.79. The Kier molecular flexibility index (Phi) is 3.78. The lowest BCUT2D eigenvalue weighted by molar-refractivity contribution is 0.101. The maximum Gasteiger partial charge on any atom is 0.272 e. The zero-order valence-corrected chi connectivity index (χ0v) is 13.1. The van der Waals surface area contributed by atoms with Gasteiger partial charge < -0.3 is 14.3 Å². The van der Waals surface area contributed by atoms with E-state index < -0.39 is 0 Å². The highest BCUT2D eigenvalue weighted by molar-refractivity contribution is 6.05. The fourth-order valence-corrected chi connectivity index (χ4v) is 2.76. The van der Waals surface area contributed by atoms with Gasteiger partial charge in [-0.05, 0) is 18.2 Å². The molecule has 1 amide bonds. The molecule has 0 saturated heterocycles. The Bertz CT molecular complexity index is 1040. The van der Waals surface area contributed by atoms with E-state index in [4.69, 9.17) is 4.42 Å². The van der Waals surface area contributed by atoms with Crippen molar-refractivity contribution in [3.63, 3.8) is 0 Å². The van der Waals surface area contributed by atoms with Gasteiger partial charge in [0.2, 0.25) is 0 Å². The highest BCUT2D eigenvalue weighted by atomic mass is 19.1. The zero-order valence-electron chi connectivity index (χ0n) is 13.1. The van der Waals surface area contributed by atoms with E-state index in [-0.39, 0.29) is 18.3 Å². The number of fused-ring (bicyclic) bond motifs is 1. The van der Waals surface area contributed by atoms with Gasteiger partial charge in [0.15, 0.2) is 5.58 Å². The van der Waals surface area contributed by atoms with Gasteiger partial charge in [-0.3, -0.25) is 9.78 Å². The number of nitrogens with one attached hydrogen (secondary N) is 1. The van der Waals surface area contributed by atoms with E-state index in [1.807, 2.05) is 0 Å². The lowest BCUT2D eigenvalue weighted by Gasteiger charge is -2.11. The molecule has 0 radical (unpaired) electrons. The number of halogens is 1. The molecule has 25 heavy (non-hydrogen) atoms. The lowest BCUT2D eigenvalue weighted by atomic mass is 10.2. The Balaban J connectivity index is 1.73. The van der Waals surface area contributed by atoms with Crippen LogP contribution in [0.25, 0.3) is 11.1 Å². The van der Waals surface area contributed by atoms with Crippen LogP contribution in [0.1, 0.15) is 16.1 Å². The third-order valence-electron chi connectivity index (χ3n) is 3.96. The first-order chi connectivity index (χ1) is 12.2. The predicted octanol–water partition coefficient (Wildman–Crippen LogP) is 4.07. The first-order valence-corrected chi connectivity index (χ1v) is 7.74. The number of pyridine rings is 1. The maximum absolute atomic E-state index is 14.0. The van der Waals surface area contributed by atoms with Crippen molar-refractivity contribution in [1.29, 1.82) is 0 Å². The summed E-state index contributed by atoms with van der Waals surface area (Å²) in [4.78, 5) is 16.7.